The van der Waals surface area contributed by atoms with Crippen molar-refractivity contribution < 1.29 is 19.2 Å². The van der Waals surface area contributed by atoms with Crippen molar-refractivity contribution in [3.05, 3.63) is 29.0 Å². The van der Waals surface area contributed by atoms with Crippen molar-refractivity contribution in [2.24, 2.45) is 0 Å². The highest BCUT2D eigenvalue weighted by Gasteiger charge is 2.30. The second-order valence-corrected chi connectivity index (χ2v) is 6.94. The maximum atomic E-state index is 12.6. The quantitative estimate of drug-likeness (QED) is 0.859. The van der Waals surface area contributed by atoms with E-state index in [0.717, 1.165) is 41.9 Å². The van der Waals surface area contributed by atoms with Gasteiger partial charge in [-0.2, -0.15) is 0 Å². The number of carbonyl (C=O) groups is 2. The Hall–Kier alpha value is -2.77. The minimum absolute atomic E-state index is 0.00558. The van der Waals surface area contributed by atoms with E-state index in [4.69, 9.17) is 14.6 Å². The van der Waals surface area contributed by atoms with Gasteiger partial charge in [0.25, 0.3) is 0 Å². The van der Waals surface area contributed by atoms with Crippen LogP contribution in [0.5, 0.6) is 0 Å². The Morgan fingerprint density at radius 3 is 2.67 bits per heavy atom. The van der Waals surface area contributed by atoms with Gasteiger partial charge in [-0.25, -0.2) is 9.97 Å². The lowest BCUT2D eigenvalue weighted by Crippen LogP contribution is -2.39. The van der Waals surface area contributed by atoms with Crippen LogP contribution in [0.3, 0.4) is 0 Å². The number of rotatable bonds is 5. The van der Waals surface area contributed by atoms with Crippen LogP contribution in [-0.2, 0) is 9.59 Å². The van der Waals surface area contributed by atoms with Gasteiger partial charge < -0.3 is 14.5 Å². The smallest absolute Gasteiger partial charge is 0.303 e. The molecule has 2 aromatic rings. The van der Waals surface area contributed by atoms with E-state index in [2.05, 4.69) is 10.1 Å². The van der Waals surface area contributed by atoms with Crippen LogP contribution in [-0.4, -0.2) is 43.6 Å². The van der Waals surface area contributed by atoms with Crippen molar-refractivity contribution in [1.82, 2.24) is 20.0 Å². The van der Waals surface area contributed by atoms with Gasteiger partial charge in [0.2, 0.25) is 5.91 Å². The number of amides is 1. The Labute approximate surface area is 157 Å². The van der Waals surface area contributed by atoms with Crippen LogP contribution in [0, 0.1) is 20.8 Å². The van der Waals surface area contributed by atoms with Crippen LogP contribution in [0.4, 0.5) is 0 Å². The Morgan fingerprint density at radius 2 is 2.00 bits per heavy atom. The van der Waals surface area contributed by atoms with Gasteiger partial charge >= 0.3 is 5.97 Å². The zero-order chi connectivity index (χ0) is 19.6. The first-order valence-electron chi connectivity index (χ1n) is 9.17. The first kappa shape index (κ1) is 19.0. The predicted octanol–water partition coefficient (Wildman–Crippen LogP) is 2.98. The fraction of sp³-hybridized carbons (Fsp3) is 0.526. The summed E-state index contributed by atoms with van der Waals surface area (Å²) in [6.45, 7) is 6.20. The molecule has 0 saturated carbocycles. The van der Waals surface area contributed by atoms with Gasteiger partial charge in [0.1, 0.15) is 5.76 Å². The van der Waals surface area contributed by atoms with Gasteiger partial charge in [0.15, 0.2) is 5.82 Å². The van der Waals surface area contributed by atoms with E-state index >= 15 is 0 Å². The zero-order valence-electron chi connectivity index (χ0n) is 15.9. The van der Waals surface area contributed by atoms with Crippen molar-refractivity contribution in [2.75, 3.05) is 6.54 Å². The number of nitrogens with zero attached hydrogens (tertiary/aromatic N) is 4. The molecule has 0 aromatic carbocycles. The van der Waals surface area contributed by atoms with E-state index in [9.17, 15) is 9.59 Å². The highest BCUT2D eigenvalue weighted by atomic mass is 16.5. The summed E-state index contributed by atoms with van der Waals surface area (Å²) in [5, 5.41) is 12.9. The fourth-order valence-corrected chi connectivity index (χ4v) is 3.57. The molecule has 3 rings (SSSR count). The lowest BCUT2D eigenvalue weighted by molar-refractivity contribution is -0.142. The number of hydrogen-bond acceptors (Lipinski definition) is 6. The van der Waals surface area contributed by atoms with E-state index in [-0.39, 0.29) is 24.8 Å². The second kappa shape index (κ2) is 7.85. The van der Waals surface area contributed by atoms with Crippen molar-refractivity contribution in [3.63, 3.8) is 0 Å². The third kappa shape index (κ3) is 4.15. The molecule has 3 heterocycles. The van der Waals surface area contributed by atoms with Gasteiger partial charge in [-0.15, -0.1) is 0 Å². The molecular weight excluding hydrogens is 348 g/mol. The molecule has 144 valence electrons. The highest BCUT2D eigenvalue weighted by Crippen LogP contribution is 2.32. The number of carboxylic acids is 1. The van der Waals surface area contributed by atoms with Gasteiger partial charge in [-0.05, 0) is 46.1 Å². The largest absolute Gasteiger partial charge is 0.481 e. The Balaban J connectivity index is 1.93. The Morgan fingerprint density at radius 1 is 1.22 bits per heavy atom. The fourth-order valence-electron chi connectivity index (χ4n) is 3.57. The van der Waals surface area contributed by atoms with E-state index < -0.39 is 5.97 Å². The number of piperidine rings is 1. The molecule has 27 heavy (non-hydrogen) atoms. The first-order valence-corrected chi connectivity index (χ1v) is 9.17. The SMILES string of the molecule is Cc1cc(-c2c(C)noc2C)nc(C2CCCCN2C(=O)CCC(=O)O)n1. The van der Waals surface area contributed by atoms with Gasteiger partial charge in [-0.3, -0.25) is 9.59 Å². The number of likely N-dealkylation sites (tertiary alicyclic amines) is 1. The summed E-state index contributed by atoms with van der Waals surface area (Å²) in [6, 6.07) is 1.65. The van der Waals surface area contributed by atoms with Crippen LogP contribution in [0.25, 0.3) is 11.3 Å². The molecule has 1 amide bonds. The first-order chi connectivity index (χ1) is 12.9. The van der Waals surface area contributed by atoms with Crippen LogP contribution in [0.15, 0.2) is 10.6 Å². The second-order valence-electron chi connectivity index (χ2n) is 6.94. The average Bonchev–Trinajstić information content (AvgIpc) is 2.97. The van der Waals surface area contributed by atoms with Crippen LogP contribution in [0.2, 0.25) is 0 Å². The molecule has 2 aromatic heterocycles. The van der Waals surface area contributed by atoms with Crippen LogP contribution in [0.1, 0.15) is 61.1 Å². The third-order valence-corrected chi connectivity index (χ3v) is 4.83. The van der Waals surface area contributed by atoms with E-state index in [1.54, 1.807) is 4.90 Å². The van der Waals surface area contributed by atoms with Crippen LogP contribution < -0.4 is 0 Å². The summed E-state index contributed by atoms with van der Waals surface area (Å²) in [4.78, 5) is 34.4. The summed E-state index contributed by atoms with van der Waals surface area (Å²) < 4.78 is 5.26. The number of aliphatic carboxylic acids is 1. The molecule has 1 saturated heterocycles. The van der Waals surface area contributed by atoms with Gasteiger partial charge in [-0.1, -0.05) is 5.16 Å². The summed E-state index contributed by atoms with van der Waals surface area (Å²) in [5.41, 5.74) is 3.15. The molecule has 1 atom stereocenters. The summed E-state index contributed by atoms with van der Waals surface area (Å²) in [7, 11) is 0. The van der Waals surface area contributed by atoms with Crippen molar-refractivity contribution >= 4 is 11.9 Å². The van der Waals surface area contributed by atoms with E-state index in [1.165, 1.54) is 0 Å². The standard InChI is InChI=1S/C19H24N4O4/c1-11-10-14(18-12(2)22-27-13(18)3)21-19(20-11)15-6-4-5-9-23(15)16(24)7-8-17(25)26/h10,15H,4-9H2,1-3H3,(H,25,26). The summed E-state index contributed by atoms with van der Waals surface area (Å²) in [5.74, 6) is 0.151. The number of carbonyl (C=O) groups excluding carboxylic acids is 1. The van der Waals surface area contributed by atoms with E-state index in [1.807, 2.05) is 26.8 Å². The highest BCUT2D eigenvalue weighted by molar-refractivity contribution is 5.81. The minimum atomic E-state index is -0.968. The molecule has 0 radical (unpaired) electrons. The average molecular weight is 372 g/mol. The molecule has 0 aliphatic carbocycles. The Kier molecular flexibility index (Phi) is 5.53. The monoisotopic (exact) mass is 372 g/mol. The van der Waals surface area contributed by atoms with Crippen LogP contribution >= 0.6 is 0 Å². The predicted molar refractivity (Wildman–Crippen MR) is 96.9 cm³/mol. The lowest BCUT2D eigenvalue weighted by atomic mass is 10.00. The van der Waals surface area contributed by atoms with Crippen molar-refractivity contribution in [1.29, 1.82) is 0 Å². The Bertz CT molecular complexity index is 842. The third-order valence-electron chi connectivity index (χ3n) is 4.83. The molecular formula is C19H24N4O4. The molecule has 0 bridgehead atoms. The molecule has 8 nitrogen and oxygen atoms in total. The van der Waals surface area contributed by atoms with Gasteiger partial charge in [0.05, 0.1) is 29.4 Å². The molecule has 0 spiro atoms. The zero-order valence-corrected chi connectivity index (χ0v) is 15.9. The van der Waals surface area contributed by atoms with Crippen molar-refractivity contribution in [2.45, 2.75) is 58.9 Å². The molecule has 1 N–H and O–H groups in total. The lowest BCUT2D eigenvalue weighted by Gasteiger charge is -2.35. The van der Waals surface area contributed by atoms with E-state index in [0.29, 0.717) is 18.1 Å². The number of aromatic nitrogens is 3. The molecule has 8 heteroatoms. The normalized spacial score (nSPS) is 17.1. The number of hydrogen-bond donors (Lipinski definition) is 1. The summed E-state index contributed by atoms with van der Waals surface area (Å²) in [6.07, 6.45) is 2.47. The number of aryl methyl sites for hydroxylation is 3. The van der Waals surface area contributed by atoms with Crippen molar-refractivity contribution in [3.8, 4) is 11.3 Å². The molecule has 1 aliphatic rings. The molecule has 1 fully saturated rings. The maximum absolute atomic E-state index is 12.6. The summed E-state index contributed by atoms with van der Waals surface area (Å²) >= 11 is 0. The molecule has 1 unspecified atom stereocenters. The van der Waals surface area contributed by atoms with Gasteiger partial charge in [0, 0.05) is 18.7 Å². The maximum Gasteiger partial charge on any atom is 0.303 e. The molecule has 1 aliphatic heterocycles. The number of carboxylic acid groups (broad SMARTS) is 1. The minimum Gasteiger partial charge on any atom is -0.481 e. The topological polar surface area (TPSA) is 109 Å².